The lowest BCUT2D eigenvalue weighted by Gasteiger charge is -2.24. The molecule has 3 amide bonds. The fourth-order valence-corrected chi connectivity index (χ4v) is 3.85. The molecular weight excluding hydrogens is 398 g/mol. The second-order valence-corrected chi connectivity index (χ2v) is 9.10. The lowest BCUT2D eigenvalue weighted by molar-refractivity contribution is -0.123. The van der Waals surface area contributed by atoms with Gasteiger partial charge < -0.3 is 16.0 Å². The van der Waals surface area contributed by atoms with Gasteiger partial charge in [-0.3, -0.25) is 14.4 Å². The first kappa shape index (κ1) is 20.4. The third-order valence-corrected chi connectivity index (χ3v) is 5.86. The van der Waals surface area contributed by atoms with E-state index in [1.54, 1.807) is 32.0 Å². The van der Waals surface area contributed by atoms with Crippen molar-refractivity contribution in [3.63, 3.8) is 0 Å². The van der Waals surface area contributed by atoms with Crippen LogP contribution in [0.5, 0.6) is 0 Å². The summed E-state index contributed by atoms with van der Waals surface area (Å²) in [4.78, 5) is 37.1. The first-order valence-electron chi connectivity index (χ1n) is 8.98. The standard InChI is InChI=1S/C20H22ClN3O3S/c1-20(2,11-23-18(26)15-5-6-16(21)28-15)19(27)24-14-4-3-12-10-17(25)22-8-7-13(12)9-14/h3-6,9H,7-8,10-11H2,1-2H3,(H,22,25)(H,23,26)(H,24,27). The Morgan fingerprint density at radius 3 is 2.71 bits per heavy atom. The van der Waals surface area contributed by atoms with E-state index in [4.69, 9.17) is 11.6 Å². The van der Waals surface area contributed by atoms with Gasteiger partial charge in [0, 0.05) is 18.8 Å². The quantitative estimate of drug-likeness (QED) is 0.696. The van der Waals surface area contributed by atoms with Gasteiger partial charge in [-0.1, -0.05) is 17.7 Å². The summed E-state index contributed by atoms with van der Waals surface area (Å²) >= 11 is 7.05. The third-order valence-electron chi connectivity index (χ3n) is 4.63. The van der Waals surface area contributed by atoms with Gasteiger partial charge in [0.15, 0.2) is 0 Å². The number of nitrogens with one attached hydrogen (secondary N) is 3. The Hall–Kier alpha value is -2.38. The summed E-state index contributed by atoms with van der Waals surface area (Å²) in [6, 6.07) is 8.92. The van der Waals surface area contributed by atoms with Crippen LogP contribution >= 0.6 is 22.9 Å². The first-order valence-corrected chi connectivity index (χ1v) is 10.2. The Kier molecular flexibility index (Phi) is 6.05. The molecule has 6 nitrogen and oxygen atoms in total. The molecule has 0 radical (unpaired) electrons. The van der Waals surface area contributed by atoms with E-state index in [9.17, 15) is 14.4 Å². The molecule has 0 bridgehead atoms. The molecule has 1 aromatic heterocycles. The Labute approximate surface area is 172 Å². The number of hydrogen-bond acceptors (Lipinski definition) is 4. The van der Waals surface area contributed by atoms with Gasteiger partial charge in [-0.15, -0.1) is 11.3 Å². The number of thiophene rings is 1. The van der Waals surface area contributed by atoms with Crippen LogP contribution in [0.4, 0.5) is 5.69 Å². The number of carbonyl (C=O) groups is 3. The summed E-state index contributed by atoms with van der Waals surface area (Å²) in [5.41, 5.74) is 1.91. The lowest BCUT2D eigenvalue weighted by atomic mass is 9.92. The third kappa shape index (κ3) is 4.91. The summed E-state index contributed by atoms with van der Waals surface area (Å²) in [6.07, 6.45) is 1.08. The maximum Gasteiger partial charge on any atom is 0.261 e. The van der Waals surface area contributed by atoms with Crippen LogP contribution in [-0.4, -0.2) is 30.8 Å². The number of amides is 3. The van der Waals surface area contributed by atoms with Crippen molar-refractivity contribution in [3.05, 3.63) is 50.7 Å². The van der Waals surface area contributed by atoms with Gasteiger partial charge in [-0.25, -0.2) is 0 Å². The normalized spacial score (nSPS) is 13.9. The van der Waals surface area contributed by atoms with Crippen molar-refractivity contribution >= 4 is 46.3 Å². The summed E-state index contributed by atoms with van der Waals surface area (Å²) in [5.74, 6) is -0.431. The van der Waals surface area contributed by atoms with E-state index < -0.39 is 5.41 Å². The highest BCUT2D eigenvalue weighted by Gasteiger charge is 2.29. The highest BCUT2D eigenvalue weighted by Crippen LogP contribution is 2.24. The van der Waals surface area contributed by atoms with Crippen LogP contribution in [0.15, 0.2) is 30.3 Å². The Balaban J connectivity index is 1.62. The zero-order valence-electron chi connectivity index (χ0n) is 15.7. The van der Waals surface area contributed by atoms with E-state index in [0.717, 1.165) is 17.5 Å². The molecule has 3 rings (SSSR count). The van der Waals surface area contributed by atoms with Crippen molar-refractivity contribution in [2.45, 2.75) is 26.7 Å². The smallest absolute Gasteiger partial charge is 0.261 e. The van der Waals surface area contributed by atoms with Crippen LogP contribution in [0.2, 0.25) is 4.34 Å². The minimum atomic E-state index is -0.805. The van der Waals surface area contributed by atoms with Crippen molar-refractivity contribution in [2.75, 3.05) is 18.4 Å². The van der Waals surface area contributed by atoms with Crippen LogP contribution < -0.4 is 16.0 Å². The molecule has 1 aliphatic rings. The summed E-state index contributed by atoms with van der Waals surface area (Å²) in [6.45, 7) is 4.33. The second kappa shape index (κ2) is 8.32. The van der Waals surface area contributed by atoms with Crippen LogP contribution in [0, 0.1) is 5.41 Å². The molecule has 0 atom stereocenters. The molecule has 0 spiro atoms. The Morgan fingerprint density at radius 1 is 1.21 bits per heavy atom. The minimum Gasteiger partial charge on any atom is -0.355 e. The highest BCUT2D eigenvalue weighted by atomic mass is 35.5. The molecule has 1 aliphatic heterocycles. The lowest BCUT2D eigenvalue weighted by Crippen LogP contribution is -2.41. The molecule has 8 heteroatoms. The van der Waals surface area contributed by atoms with E-state index in [2.05, 4.69) is 16.0 Å². The maximum atomic E-state index is 12.7. The average molecular weight is 420 g/mol. The zero-order valence-corrected chi connectivity index (χ0v) is 17.3. The monoisotopic (exact) mass is 419 g/mol. The molecule has 0 fully saturated rings. The van der Waals surface area contributed by atoms with Gasteiger partial charge >= 0.3 is 0 Å². The van der Waals surface area contributed by atoms with Crippen LogP contribution in [0.1, 0.15) is 34.6 Å². The summed E-state index contributed by atoms with van der Waals surface area (Å²) < 4.78 is 0.544. The van der Waals surface area contributed by atoms with Crippen molar-refractivity contribution < 1.29 is 14.4 Å². The number of halogens is 1. The molecule has 2 heterocycles. The molecule has 0 unspecified atom stereocenters. The van der Waals surface area contributed by atoms with Gasteiger partial charge in [0.1, 0.15) is 0 Å². The fourth-order valence-electron chi connectivity index (χ4n) is 2.89. The molecule has 2 aromatic rings. The summed E-state index contributed by atoms with van der Waals surface area (Å²) in [7, 11) is 0. The van der Waals surface area contributed by atoms with E-state index in [0.29, 0.717) is 27.9 Å². The number of carbonyl (C=O) groups excluding carboxylic acids is 3. The Morgan fingerprint density at radius 2 is 2.00 bits per heavy atom. The van der Waals surface area contributed by atoms with Crippen LogP contribution in [0.3, 0.4) is 0 Å². The predicted octanol–water partition coefficient (Wildman–Crippen LogP) is 3.01. The molecule has 1 aromatic carbocycles. The summed E-state index contributed by atoms with van der Waals surface area (Å²) in [5, 5.41) is 8.55. The molecule has 0 saturated heterocycles. The molecular formula is C20H22ClN3O3S. The van der Waals surface area contributed by atoms with Crippen molar-refractivity contribution in [1.82, 2.24) is 10.6 Å². The molecule has 148 valence electrons. The maximum absolute atomic E-state index is 12.7. The Bertz CT molecular complexity index is 923. The largest absolute Gasteiger partial charge is 0.355 e. The number of hydrogen-bond donors (Lipinski definition) is 3. The molecule has 3 N–H and O–H groups in total. The SMILES string of the molecule is CC(C)(CNC(=O)c1ccc(Cl)s1)C(=O)Nc1ccc2c(c1)CCNC(=O)C2. The van der Waals surface area contributed by atoms with Crippen molar-refractivity contribution in [2.24, 2.45) is 5.41 Å². The van der Waals surface area contributed by atoms with Gasteiger partial charge in [-0.05, 0) is 55.7 Å². The van der Waals surface area contributed by atoms with Crippen LogP contribution in [0.25, 0.3) is 0 Å². The minimum absolute atomic E-state index is 0.0134. The second-order valence-electron chi connectivity index (χ2n) is 7.38. The first-order chi connectivity index (χ1) is 13.2. The van der Waals surface area contributed by atoms with E-state index in [-0.39, 0.29) is 24.3 Å². The van der Waals surface area contributed by atoms with Gasteiger partial charge in [-0.2, -0.15) is 0 Å². The number of rotatable bonds is 5. The molecule has 28 heavy (non-hydrogen) atoms. The van der Waals surface area contributed by atoms with Gasteiger partial charge in [0.05, 0.1) is 21.0 Å². The predicted molar refractivity (Wildman–Crippen MR) is 111 cm³/mol. The zero-order chi connectivity index (χ0) is 20.3. The topological polar surface area (TPSA) is 87.3 Å². The molecule has 0 saturated carbocycles. The van der Waals surface area contributed by atoms with E-state index >= 15 is 0 Å². The van der Waals surface area contributed by atoms with Gasteiger partial charge in [0.25, 0.3) is 5.91 Å². The van der Waals surface area contributed by atoms with E-state index in [1.807, 2.05) is 12.1 Å². The number of benzene rings is 1. The highest BCUT2D eigenvalue weighted by molar-refractivity contribution is 7.18. The number of anilines is 1. The fraction of sp³-hybridized carbons (Fsp3) is 0.350. The molecule has 0 aliphatic carbocycles. The van der Waals surface area contributed by atoms with Gasteiger partial charge in [0.2, 0.25) is 11.8 Å². The number of fused-ring (bicyclic) bond motifs is 1. The van der Waals surface area contributed by atoms with Crippen molar-refractivity contribution in [1.29, 1.82) is 0 Å². The van der Waals surface area contributed by atoms with Crippen LogP contribution in [-0.2, 0) is 22.4 Å². The van der Waals surface area contributed by atoms with E-state index in [1.165, 1.54) is 11.3 Å². The van der Waals surface area contributed by atoms with Crippen molar-refractivity contribution in [3.8, 4) is 0 Å². The average Bonchev–Trinajstić information content (AvgIpc) is 2.99.